The van der Waals surface area contributed by atoms with Crippen LogP contribution in [0.2, 0.25) is 0 Å². The van der Waals surface area contributed by atoms with Crippen LogP contribution in [-0.4, -0.2) is 12.3 Å². The molecule has 3 atom stereocenters. The summed E-state index contributed by atoms with van der Waals surface area (Å²) in [5.41, 5.74) is 9.07. The third-order valence-electron chi connectivity index (χ3n) is 4.95. The average Bonchev–Trinajstić information content (AvgIpc) is 2.91. The Hall–Kier alpha value is -1.09. The highest BCUT2D eigenvalue weighted by atomic mass is 16.6. The van der Waals surface area contributed by atoms with Crippen LogP contribution in [0.1, 0.15) is 39.0 Å². The van der Waals surface area contributed by atoms with Crippen molar-refractivity contribution in [2.45, 2.75) is 39.0 Å². The predicted octanol–water partition coefficient (Wildman–Crippen LogP) is 2.99. The van der Waals surface area contributed by atoms with E-state index < -0.39 is 0 Å². The van der Waals surface area contributed by atoms with Crippen LogP contribution in [0, 0.1) is 17.3 Å². The Bertz CT molecular complexity index is 438. The van der Waals surface area contributed by atoms with E-state index >= 15 is 0 Å². The van der Waals surface area contributed by atoms with Crippen LogP contribution in [0.25, 0.3) is 0 Å². The van der Waals surface area contributed by atoms with Crippen LogP contribution < -0.4 is 5.73 Å². The Kier molecular flexibility index (Phi) is 2.81. The SMILES string of the molecule is C=C1CC(CC2(CN)CC3CC(CC)=CC32)=NO1. The van der Waals surface area contributed by atoms with Gasteiger partial charge in [-0.05, 0) is 49.5 Å². The van der Waals surface area contributed by atoms with E-state index in [1.165, 1.54) is 19.3 Å². The van der Waals surface area contributed by atoms with Gasteiger partial charge in [-0.1, -0.05) is 30.3 Å². The van der Waals surface area contributed by atoms with Crippen molar-refractivity contribution in [3.63, 3.8) is 0 Å². The van der Waals surface area contributed by atoms with E-state index in [1.807, 2.05) is 0 Å². The van der Waals surface area contributed by atoms with Crippen molar-refractivity contribution < 1.29 is 4.84 Å². The Morgan fingerprint density at radius 3 is 3.06 bits per heavy atom. The summed E-state index contributed by atoms with van der Waals surface area (Å²) in [5.74, 6) is 2.29. The van der Waals surface area contributed by atoms with Gasteiger partial charge in [0.1, 0.15) is 5.76 Å². The second-order valence-corrected chi connectivity index (χ2v) is 6.08. The van der Waals surface area contributed by atoms with Crippen molar-refractivity contribution in [2.75, 3.05) is 6.54 Å². The summed E-state index contributed by atoms with van der Waals surface area (Å²) in [7, 11) is 0. The molecule has 0 amide bonds. The van der Waals surface area contributed by atoms with Crippen molar-refractivity contribution in [1.82, 2.24) is 0 Å². The zero-order valence-corrected chi connectivity index (χ0v) is 11.1. The highest BCUT2D eigenvalue weighted by molar-refractivity contribution is 5.87. The molecule has 3 heteroatoms. The Balaban J connectivity index is 1.73. The molecule has 3 aliphatic rings. The van der Waals surface area contributed by atoms with Gasteiger partial charge < -0.3 is 10.6 Å². The van der Waals surface area contributed by atoms with Crippen LogP contribution in [0.15, 0.2) is 29.1 Å². The van der Waals surface area contributed by atoms with Gasteiger partial charge in [0.2, 0.25) is 0 Å². The number of allylic oxidation sites excluding steroid dienone is 3. The molecule has 1 saturated carbocycles. The zero-order valence-electron chi connectivity index (χ0n) is 11.1. The lowest BCUT2D eigenvalue weighted by molar-refractivity contribution is 0.0155. The van der Waals surface area contributed by atoms with E-state index in [0.29, 0.717) is 5.92 Å². The van der Waals surface area contributed by atoms with E-state index in [1.54, 1.807) is 5.57 Å². The molecule has 0 aromatic heterocycles. The quantitative estimate of drug-likeness (QED) is 0.775. The summed E-state index contributed by atoms with van der Waals surface area (Å²) in [4.78, 5) is 5.12. The lowest BCUT2D eigenvalue weighted by Gasteiger charge is -2.52. The van der Waals surface area contributed by atoms with Crippen molar-refractivity contribution in [2.24, 2.45) is 28.1 Å². The van der Waals surface area contributed by atoms with Crippen LogP contribution in [0.4, 0.5) is 0 Å². The lowest BCUT2D eigenvalue weighted by Crippen LogP contribution is -2.51. The molecule has 2 aliphatic carbocycles. The summed E-state index contributed by atoms with van der Waals surface area (Å²) >= 11 is 0. The number of hydrogen-bond donors (Lipinski definition) is 1. The fraction of sp³-hybridized carbons (Fsp3) is 0.667. The molecular formula is C15H22N2O. The standard InChI is InChI=1S/C15H22N2O/c1-3-11-5-12-7-15(9-16,14(12)6-11)8-13-4-10(2)18-17-13/h6,12,14H,2-5,7-9,16H2,1H3. The molecule has 2 N–H and O–H groups in total. The molecule has 0 aromatic rings. The molecule has 0 bridgehead atoms. The highest BCUT2D eigenvalue weighted by Gasteiger charge is 2.54. The molecular weight excluding hydrogens is 224 g/mol. The molecule has 1 aliphatic heterocycles. The fourth-order valence-corrected chi connectivity index (χ4v) is 3.96. The Labute approximate surface area is 109 Å². The van der Waals surface area contributed by atoms with E-state index in [0.717, 1.165) is 36.8 Å². The summed E-state index contributed by atoms with van der Waals surface area (Å²) in [6, 6.07) is 0. The van der Waals surface area contributed by atoms with Crippen LogP contribution >= 0.6 is 0 Å². The van der Waals surface area contributed by atoms with Crippen LogP contribution in [-0.2, 0) is 4.84 Å². The first kappa shape index (κ1) is 12.0. The normalized spacial score (nSPS) is 37.8. The van der Waals surface area contributed by atoms with Gasteiger partial charge in [-0.3, -0.25) is 0 Å². The minimum Gasteiger partial charge on any atom is -0.362 e. The first-order chi connectivity index (χ1) is 8.66. The van der Waals surface area contributed by atoms with Gasteiger partial charge >= 0.3 is 0 Å². The fourth-order valence-electron chi connectivity index (χ4n) is 3.96. The number of rotatable bonds is 4. The second-order valence-electron chi connectivity index (χ2n) is 6.08. The monoisotopic (exact) mass is 246 g/mol. The smallest absolute Gasteiger partial charge is 0.133 e. The number of nitrogens with two attached hydrogens (primary N) is 1. The average molecular weight is 246 g/mol. The van der Waals surface area contributed by atoms with Crippen molar-refractivity contribution in [1.29, 1.82) is 0 Å². The summed E-state index contributed by atoms with van der Waals surface area (Å²) in [5, 5.41) is 4.13. The van der Waals surface area contributed by atoms with Gasteiger partial charge in [-0.15, -0.1) is 0 Å². The summed E-state index contributed by atoms with van der Waals surface area (Å²) in [6.07, 6.45) is 8.00. The topological polar surface area (TPSA) is 47.6 Å². The maximum absolute atomic E-state index is 6.08. The molecule has 1 heterocycles. The van der Waals surface area contributed by atoms with Gasteiger partial charge in [-0.25, -0.2) is 0 Å². The lowest BCUT2D eigenvalue weighted by atomic mass is 9.53. The third-order valence-corrected chi connectivity index (χ3v) is 4.95. The summed E-state index contributed by atoms with van der Waals surface area (Å²) < 4.78 is 0. The molecule has 0 radical (unpaired) electrons. The predicted molar refractivity (Wildman–Crippen MR) is 73.0 cm³/mol. The molecule has 3 nitrogen and oxygen atoms in total. The molecule has 3 unspecified atom stereocenters. The molecule has 0 aromatic carbocycles. The van der Waals surface area contributed by atoms with Gasteiger partial charge in [-0.2, -0.15) is 0 Å². The Morgan fingerprint density at radius 1 is 1.61 bits per heavy atom. The minimum absolute atomic E-state index is 0.244. The maximum atomic E-state index is 6.08. The largest absolute Gasteiger partial charge is 0.362 e. The molecule has 3 rings (SSSR count). The maximum Gasteiger partial charge on any atom is 0.133 e. The molecule has 18 heavy (non-hydrogen) atoms. The van der Waals surface area contributed by atoms with Gasteiger partial charge in [0, 0.05) is 6.42 Å². The molecule has 1 fully saturated rings. The zero-order chi connectivity index (χ0) is 12.8. The number of nitrogens with zero attached hydrogens (tertiary/aromatic N) is 1. The van der Waals surface area contributed by atoms with Gasteiger partial charge in [0.25, 0.3) is 0 Å². The van der Waals surface area contributed by atoms with Crippen molar-refractivity contribution in [3.8, 4) is 0 Å². The third kappa shape index (κ3) is 1.72. The van der Waals surface area contributed by atoms with Gasteiger partial charge in [0.05, 0.1) is 5.71 Å². The number of hydrogen-bond acceptors (Lipinski definition) is 3. The molecule has 0 saturated heterocycles. The first-order valence-electron chi connectivity index (χ1n) is 6.97. The minimum atomic E-state index is 0.244. The molecule has 98 valence electrons. The number of oxime groups is 1. The second kappa shape index (κ2) is 4.23. The van der Waals surface area contributed by atoms with E-state index in [2.05, 4.69) is 24.7 Å². The van der Waals surface area contributed by atoms with Crippen molar-refractivity contribution in [3.05, 3.63) is 24.0 Å². The number of fused-ring (bicyclic) bond motifs is 1. The molecule has 0 spiro atoms. The Morgan fingerprint density at radius 2 is 2.44 bits per heavy atom. The first-order valence-corrected chi connectivity index (χ1v) is 6.97. The van der Waals surface area contributed by atoms with E-state index in [-0.39, 0.29) is 5.41 Å². The highest BCUT2D eigenvalue weighted by Crippen LogP contribution is 2.60. The van der Waals surface area contributed by atoms with E-state index in [9.17, 15) is 0 Å². The van der Waals surface area contributed by atoms with Gasteiger partial charge in [0.15, 0.2) is 0 Å². The van der Waals surface area contributed by atoms with Crippen molar-refractivity contribution >= 4 is 5.71 Å². The van der Waals surface area contributed by atoms with E-state index in [4.69, 9.17) is 10.6 Å². The van der Waals surface area contributed by atoms with Crippen LogP contribution in [0.3, 0.4) is 0 Å². The van der Waals surface area contributed by atoms with Crippen LogP contribution in [0.5, 0.6) is 0 Å². The summed E-state index contributed by atoms with van der Waals surface area (Å²) in [6.45, 7) is 6.82.